The van der Waals surface area contributed by atoms with Crippen molar-refractivity contribution in [2.75, 3.05) is 13.6 Å². The summed E-state index contributed by atoms with van der Waals surface area (Å²) >= 11 is 0. The fraction of sp³-hybridized carbons (Fsp3) is 0.846. The van der Waals surface area contributed by atoms with Crippen LogP contribution >= 0.6 is 0 Å². The third-order valence-electron chi connectivity index (χ3n) is 3.14. The zero-order valence-corrected chi connectivity index (χ0v) is 10.6. The van der Waals surface area contributed by atoms with Gasteiger partial charge < -0.3 is 9.80 Å². The van der Waals surface area contributed by atoms with Crippen molar-refractivity contribution in [3.63, 3.8) is 0 Å². The second kappa shape index (κ2) is 6.76. The first-order valence-corrected chi connectivity index (χ1v) is 6.45. The highest BCUT2D eigenvalue weighted by Crippen LogP contribution is 2.19. The van der Waals surface area contributed by atoms with Gasteiger partial charge in [-0.1, -0.05) is 33.1 Å². The average Bonchev–Trinajstić information content (AvgIpc) is 2.56. The van der Waals surface area contributed by atoms with E-state index in [0.717, 1.165) is 0 Å². The highest BCUT2D eigenvalue weighted by Gasteiger charge is 2.21. The van der Waals surface area contributed by atoms with Crippen LogP contribution in [0.15, 0.2) is 12.4 Å². The molecule has 2 nitrogen and oxygen atoms in total. The lowest BCUT2D eigenvalue weighted by Crippen LogP contribution is -2.36. The van der Waals surface area contributed by atoms with Crippen LogP contribution < -0.4 is 0 Å². The molecule has 15 heavy (non-hydrogen) atoms. The summed E-state index contributed by atoms with van der Waals surface area (Å²) in [5.74, 6) is 0. The van der Waals surface area contributed by atoms with Gasteiger partial charge in [-0.25, -0.2) is 0 Å². The highest BCUT2D eigenvalue weighted by atomic mass is 15.4. The van der Waals surface area contributed by atoms with Crippen LogP contribution in [0.5, 0.6) is 0 Å². The van der Waals surface area contributed by atoms with Crippen LogP contribution in [0.1, 0.15) is 52.4 Å². The van der Waals surface area contributed by atoms with Gasteiger partial charge in [0.2, 0.25) is 0 Å². The molecule has 1 heterocycles. The molecular weight excluding hydrogens is 184 g/mol. The summed E-state index contributed by atoms with van der Waals surface area (Å²) in [4.78, 5) is 4.83. The van der Waals surface area contributed by atoms with Crippen LogP contribution in [0.3, 0.4) is 0 Å². The Hall–Kier alpha value is -0.660. The predicted molar refractivity (Wildman–Crippen MR) is 66.4 cm³/mol. The van der Waals surface area contributed by atoms with Crippen molar-refractivity contribution in [3.8, 4) is 0 Å². The van der Waals surface area contributed by atoms with Gasteiger partial charge >= 0.3 is 0 Å². The molecule has 0 spiro atoms. The van der Waals surface area contributed by atoms with Crippen molar-refractivity contribution < 1.29 is 0 Å². The van der Waals surface area contributed by atoms with Gasteiger partial charge in [0.1, 0.15) is 6.17 Å². The molecule has 1 atom stereocenters. The van der Waals surface area contributed by atoms with E-state index in [4.69, 9.17) is 0 Å². The number of rotatable bonds is 7. The molecule has 1 aliphatic rings. The van der Waals surface area contributed by atoms with Gasteiger partial charge in [0.15, 0.2) is 0 Å². The summed E-state index contributed by atoms with van der Waals surface area (Å²) in [6.07, 6.45) is 13.1. The van der Waals surface area contributed by atoms with E-state index < -0.39 is 0 Å². The van der Waals surface area contributed by atoms with Crippen LogP contribution in [-0.2, 0) is 0 Å². The number of hydrogen-bond acceptors (Lipinski definition) is 2. The lowest BCUT2D eigenvalue weighted by Gasteiger charge is -2.30. The summed E-state index contributed by atoms with van der Waals surface area (Å²) < 4.78 is 0. The van der Waals surface area contributed by atoms with Gasteiger partial charge in [-0.05, 0) is 19.3 Å². The Labute approximate surface area is 94.9 Å². The standard InChI is InChI=1S/C13H26N2/c1-4-6-7-8-9-13-14(3)11-12-15(13)10-5-2/h11-13H,4-10H2,1-3H3. The maximum Gasteiger partial charge on any atom is 0.100 e. The van der Waals surface area contributed by atoms with E-state index in [-0.39, 0.29) is 0 Å². The van der Waals surface area contributed by atoms with Gasteiger partial charge in [0.25, 0.3) is 0 Å². The Morgan fingerprint density at radius 3 is 2.47 bits per heavy atom. The Kier molecular flexibility index (Phi) is 5.59. The van der Waals surface area contributed by atoms with E-state index >= 15 is 0 Å². The molecule has 0 bridgehead atoms. The average molecular weight is 210 g/mol. The monoisotopic (exact) mass is 210 g/mol. The van der Waals surface area contributed by atoms with E-state index in [1.54, 1.807) is 0 Å². The van der Waals surface area contributed by atoms with Crippen LogP contribution in [-0.4, -0.2) is 29.6 Å². The zero-order chi connectivity index (χ0) is 11.1. The van der Waals surface area contributed by atoms with Crippen LogP contribution in [0, 0.1) is 0 Å². The van der Waals surface area contributed by atoms with E-state index in [9.17, 15) is 0 Å². The molecule has 0 aromatic heterocycles. The van der Waals surface area contributed by atoms with Crippen LogP contribution in [0.4, 0.5) is 0 Å². The summed E-state index contributed by atoms with van der Waals surface area (Å²) in [5.41, 5.74) is 0. The first-order valence-electron chi connectivity index (χ1n) is 6.45. The predicted octanol–water partition coefficient (Wildman–Crippen LogP) is 3.41. The van der Waals surface area contributed by atoms with Gasteiger partial charge in [0.05, 0.1) is 0 Å². The van der Waals surface area contributed by atoms with Gasteiger partial charge in [0, 0.05) is 26.0 Å². The fourth-order valence-corrected chi connectivity index (χ4v) is 2.23. The quantitative estimate of drug-likeness (QED) is 0.594. The van der Waals surface area contributed by atoms with Crippen molar-refractivity contribution in [1.82, 2.24) is 9.80 Å². The second-order valence-electron chi connectivity index (χ2n) is 4.53. The number of hydrogen-bond donors (Lipinski definition) is 0. The molecule has 1 aliphatic heterocycles. The Morgan fingerprint density at radius 1 is 1.00 bits per heavy atom. The Bertz CT molecular complexity index is 189. The van der Waals surface area contributed by atoms with Crippen molar-refractivity contribution >= 4 is 0 Å². The van der Waals surface area contributed by atoms with Gasteiger partial charge in [-0.3, -0.25) is 0 Å². The Morgan fingerprint density at radius 2 is 1.80 bits per heavy atom. The molecule has 0 saturated carbocycles. The van der Waals surface area contributed by atoms with E-state index in [1.807, 2.05) is 0 Å². The first kappa shape index (κ1) is 12.4. The molecule has 0 aromatic carbocycles. The molecule has 0 aliphatic carbocycles. The van der Waals surface area contributed by atoms with E-state index in [0.29, 0.717) is 6.17 Å². The molecule has 0 saturated heterocycles. The molecule has 0 amide bonds. The fourth-order valence-electron chi connectivity index (χ4n) is 2.23. The molecular formula is C13H26N2. The lowest BCUT2D eigenvalue weighted by molar-refractivity contribution is 0.162. The van der Waals surface area contributed by atoms with Crippen molar-refractivity contribution in [1.29, 1.82) is 0 Å². The number of unbranched alkanes of at least 4 members (excludes halogenated alkanes) is 3. The topological polar surface area (TPSA) is 6.48 Å². The molecule has 1 unspecified atom stereocenters. The summed E-state index contributed by atoms with van der Waals surface area (Å²) in [7, 11) is 2.19. The molecule has 0 fully saturated rings. The summed E-state index contributed by atoms with van der Waals surface area (Å²) in [6.45, 7) is 5.71. The van der Waals surface area contributed by atoms with Crippen molar-refractivity contribution in [2.45, 2.75) is 58.5 Å². The van der Waals surface area contributed by atoms with Crippen molar-refractivity contribution in [2.24, 2.45) is 0 Å². The molecule has 0 aromatic rings. The van der Waals surface area contributed by atoms with Gasteiger partial charge in [-0.2, -0.15) is 0 Å². The first-order chi connectivity index (χ1) is 7.29. The maximum atomic E-state index is 2.48. The van der Waals surface area contributed by atoms with Gasteiger partial charge in [-0.15, -0.1) is 0 Å². The highest BCUT2D eigenvalue weighted by molar-refractivity contribution is 4.95. The molecule has 0 radical (unpaired) electrons. The van der Waals surface area contributed by atoms with E-state index in [2.05, 4.69) is 43.1 Å². The minimum absolute atomic E-state index is 0.627. The summed E-state index contributed by atoms with van der Waals surface area (Å²) in [6, 6.07) is 0. The minimum Gasteiger partial charge on any atom is -0.359 e. The largest absolute Gasteiger partial charge is 0.359 e. The molecule has 2 heteroatoms. The number of nitrogens with zero attached hydrogens (tertiary/aromatic N) is 2. The lowest BCUT2D eigenvalue weighted by atomic mass is 10.1. The maximum absolute atomic E-state index is 2.48. The zero-order valence-electron chi connectivity index (χ0n) is 10.6. The third-order valence-corrected chi connectivity index (χ3v) is 3.14. The second-order valence-corrected chi connectivity index (χ2v) is 4.53. The molecule has 1 rings (SSSR count). The minimum atomic E-state index is 0.627. The molecule has 88 valence electrons. The van der Waals surface area contributed by atoms with Crippen LogP contribution in [0.2, 0.25) is 0 Å². The normalized spacial score (nSPS) is 20.3. The summed E-state index contributed by atoms with van der Waals surface area (Å²) in [5, 5.41) is 0. The Balaban J connectivity index is 2.25. The van der Waals surface area contributed by atoms with E-state index in [1.165, 1.54) is 45.1 Å². The van der Waals surface area contributed by atoms with Crippen molar-refractivity contribution in [3.05, 3.63) is 12.4 Å². The van der Waals surface area contributed by atoms with Crippen LogP contribution in [0.25, 0.3) is 0 Å². The molecule has 0 N–H and O–H groups in total. The smallest absolute Gasteiger partial charge is 0.100 e. The third kappa shape index (κ3) is 3.77. The SMILES string of the molecule is CCCCCCC1N(C)C=CN1CCC.